The normalized spacial score (nSPS) is 11.0. The molecule has 0 aliphatic rings. The highest BCUT2D eigenvalue weighted by atomic mass is 19.1. The largest absolute Gasteiger partial charge is 0.493 e. The lowest BCUT2D eigenvalue weighted by Crippen LogP contribution is -2.02. The average molecular weight is 287 g/mol. The number of aromatic nitrogens is 1. The lowest BCUT2D eigenvalue weighted by atomic mass is 10.2. The van der Waals surface area contributed by atoms with E-state index in [-0.39, 0.29) is 11.2 Å². The Labute approximate surface area is 120 Å². The van der Waals surface area contributed by atoms with Crippen LogP contribution in [0.15, 0.2) is 35.1 Å². The third kappa shape index (κ3) is 1.85. The molecule has 0 fully saturated rings. The molecule has 0 atom stereocenters. The van der Waals surface area contributed by atoms with Gasteiger partial charge in [-0.15, -0.1) is 0 Å². The summed E-state index contributed by atoms with van der Waals surface area (Å²) in [4.78, 5) is 12.4. The maximum atomic E-state index is 14.2. The van der Waals surface area contributed by atoms with E-state index in [0.29, 0.717) is 33.3 Å². The molecule has 0 amide bonds. The van der Waals surface area contributed by atoms with Crippen LogP contribution in [0.1, 0.15) is 0 Å². The number of rotatable bonds is 2. The van der Waals surface area contributed by atoms with E-state index in [1.807, 2.05) is 0 Å². The fourth-order valence-electron chi connectivity index (χ4n) is 2.70. The van der Waals surface area contributed by atoms with Crippen molar-refractivity contribution in [3.8, 4) is 11.5 Å². The first-order chi connectivity index (χ1) is 10.1. The summed E-state index contributed by atoms with van der Waals surface area (Å²) in [5.74, 6) is 0.341. The zero-order valence-electron chi connectivity index (χ0n) is 11.9. The van der Waals surface area contributed by atoms with Gasteiger partial charge < -0.3 is 14.0 Å². The number of hydrogen-bond acceptors (Lipinski definition) is 3. The Bertz CT molecular complexity index is 915. The Balaban J connectivity index is 2.66. The molecule has 0 unspecified atom stereocenters. The molecule has 4 nitrogen and oxygen atoms in total. The van der Waals surface area contributed by atoms with E-state index in [0.717, 1.165) is 0 Å². The molecule has 21 heavy (non-hydrogen) atoms. The van der Waals surface area contributed by atoms with Gasteiger partial charge >= 0.3 is 0 Å². The zero-order valence-corrected chi connectivity index (χ0v) is 11.9. The maximum Gasteiger partial charge on any atom is 0.206 e. The average Bonchev–Trinajstić information content (AvgIpc) is 2.67. The summed E-state index contributed by atoms with van der Waals surface area (Å²) in [5, 5.41) is 0.916. The minimum Gasteiger partial charge on any atom is -0.493 e. The highest BCUT2D eigenvalue weighted by molar-refractivity contribution is 6.08. The van der Waals surface area contributed by atoms with Crippen molar-refractivity contribution in [2.75, 3.05) is 14.2 Å². The molecule has 2 aromatic carbocycles. The van der Waals surface area contributed by atoms with Crippen LogP contribution in [0.25, 0.3) is 21.8 Å². The second-order valence-corrected chi connectivity index (χ2v) is 4.74. The minimum absolute atomic E-state index is 0.247. The molecule has 3 rings (SSSR count). The quantitative estimate of drug-likeness (QED) is 0.727. The Morgan fingerprint density at radius 2 is 1.76 bits per heavy atom. The van der Waals surface area contributed by atoms with Gasteiger partial charge in [0.05, 0.1) is 25.3 Å². The summed E-state index contributed by atoms with van der Waals surface area (Å²) in [6, 6.07) is 7.78. The van der Waals surface area contributed by atoms with Crippen LogP contribution in [0, 0.1) is 5.82 Å². The molecule has 1 aromatic heterocycles. The summed E-state index contributed by atoms with van der Waals surface area (Å²) in [6.07, 6.45) is 0. The molecule has 0 spiro atoms. The summed E-state index contributed by atoms with van der Waals surface area (Å²) in [7, 11) is 4.68. The van der Waals surface area contributed by atoms with Crippen LogP contribution in [-0.4, -0.2) is 18.8 Å². The van der Waals surface area contributed by atoms with E-state index in [2.05, 4.69) is 0 Å². The van der Waals surface area contributed by atoms with Crippen molar-refractivity contribution in [3.05, 3.63) is 46.4 Å². The van der Waals surface area contributed by atoms with Crippen molar-refractivity contribution in [2.24, 2.45) is 7.05 Å². The van der Waals surface area contributed by atoms with Crippen molar-refractivity contribution in [3.63, 3.8) is 0 Å². The van der Waals surface area contributed by atoms with Gasteiger partial charge in [-0.05, 0) is 18.2 Å². The first kappa shape index (κ1) is 13.4. The van der Waals surface area contributed by atoms with Gasteiger partial charge in [-0.2, -0.15) is 0 Å². The predicted molar refractivity (Wildman–Crippen MR) is 79.8 cm³/mol. The van der Waals surface area contributed by atoms with Crippen LogP contribution in [0.2, 0.25) is 0 Å². The molecule has 1 heterocycles. The molecule has 0 saturated heterocycles. The lowest BCUT2D eigenvalue weighted by Gasteiger charge is -2.02. The van der Waals surface area contributed by atoms with Crippen LogP contribution in [0.4, 0.5) is 4.39 Å². The van der Waals surface area contributed by atoms with Crippen molar-refractivity contribution in [2.45, 2.75) is 0 Å². The number of aryl methyl sites for hydroxylation is 1. The Kier molecular flexibility index (Phi) is 3.05. The van der Waals surface area contributed by atoms with Gasteiger partial charge in [-0.1, -0.05) is 6.07 Å². The second-order valence-electron chi connectivity index (χ2n) is 4.74. The van der Waals surface area contributed by atoms with E-state index < -0.39 is 0 Å². The van der Waals surface area contributed by atoms with Crippen molar-refractivity contribution < 1.29 is 13.9 Å². The first-order valence-electron chi connectivity index (χ1n) is 6.41. The van der Waals surface area contributed by atoms with E-state index in [1.54, 1.807) is 29.8 Å². The maximum absolute atomic E-state index is 14.2. The molecular weight excluding hydrogens is 273 g/mol. The predicted octanol–water partition coefficient (Wildman–Crippen LogP) is 2.85. The van der Waals surface area contributed by atoms with Crippen LogP contribution in [0.3, 0.4) is 0 Å². The molecular formula is C16H14FNO3. The number of benzene rings is 1. The van der Waals surface area contributed by atoms with Gasteiger partial charge in [0.15, 0.2) is 11.5 Å². The van der Waals surface area contributed by atoms with Gasteiger partial charge in [-0.3, -0.25) is 4.79 Å². The topological polar surface area (TPSA) is 40.5 Å². The molecule has 0 N–H and O–H groups in total. The first-order valence-corrected chi connectivity index (χ1v) is 6.41. The number of hydrogen-bond donors (Lipinski definition) is 0. The lowest BCUT2D eigenvalue weighted by molar-refractivity contribution is 0.356. The number of halogens is 1. The highest BCUT2D eigenvalue weighted by Gasteiger charge is 2.16. The Hall–Kier alpha value is -2.56. The summed E-state index contributed by atoms with van der Waals surface area (Å²) in [6.45, 7) is 0. The van der Waals surface area contributed by atoms with E-state index >= 15 is 0 Å². The third-order valence-electron chi connectivity index (χ3n) is 3.67. The third-order valence-corrected chi connectivity index (χ3v) is 3.67. The molecule has 108 valence electrons. The Morgan fingerprint density at radius 1 is 1.10 bits per heavy atom. The van der Waals surface area contributed by atoms with Gasteiger partial charge in [0.25, 0.3) is 0 Å². The van der Waals surface area contributed by atoms with E-state index in [9.17, 15) is 9.18 Å². The monoisotopic (exact) mass is 287 g/mol. The van der Waals surface area contributed by atoms with Crippen LogP contribution in [-0.2, 0) is 7.05 Å². The van der Waals surface area contributed by atoms with Gasteiger partial charge in [-0.25, -0.2) is 4.39 Å². The summed E-state index contributed by atoms with van der Waals surface area (Å²) >= 11 is 0. The molecule has 0 radical (unpaired) electrons. The fourth-order valence-corrected chi connectivity index (χ4v) is 2.70. The second kappa shape index (κ2) is 4.77. The minimum atomic E-state index is -0.371. The molecule has 3 aromatic rings. The molecule has 0 aliphatic carbocycles. The SMILES string of the molecule is COc1cc(=O)c2c(cc1OC)c1c(F)cccc1n2C. The van der Waals surface area contributed by atoms with Gasteiger partial charge in [0.2, 0.25) is 5.43 Å². The smallest absolute Gasteiger partial charge is 0.206 e. The summed E-state index contributed by atoms with van der Waals surface area (Å²) < 4.78 is 26.3. The highest BCUT2D eigenvalue weighted by Crippen LogP contribution is 2.33. The standard InChI is InChI=1S/C16H14FNO3/c1-18-11-6-4-5-10(17)15(11)9-7-13(20-2)14(21-3)8-12(19)16(9)18/h4-8H,1-3H3. The number of fused-ring (bicyclic) bond motifs is 3. The van der Waals surface area contributed by atoms with Crippen LogP contribution >= 0.6 is 0 Å². The molecule has 0 bridgehead atoms. The zero-order chi connectivity index (χ0) is 15.1. The number of ether oxygens (including phenoxy) is 2. The Morgan fingerprint density at radius 3 is 2.43 bits per heavy atom. The summed E-state index contributed by atoms with van der Waals surface area (Å²) in [5.41, 5.74) is 0.828. The van der Waals surface area contributed by atoms with Crippen molar-refractivity contribution in [1.82, 2.24) is 4.57 Å². The number of nitrogens with zero attached hydrogens (tertiary/aromatic N) is 1. The van der Waals surface area contributed by atoms with Crippen molar-refractivity contribution >= 4 is 21.8 Å². The van der Waals surface area contributed by atoms with Gasteiger partial charge in [0.1, 0.15) is 5.82 Å². The van der Waals surface area contributed by atoms with E-state index in [1.165, 1.54) is 26.4 Å². The fraction of sp³-hybridized carbons (Fsp3) is 0.188. The molecule has 0 saturated carbocycles. The van der Waals surface area contributed by atoms with Gasteiger partial charge in [0, 0.05) is 23.9 Å². The van der Waals surface area contributed by atoms with Crippen LogP contribution in [0.5, 0.6) is 11.5 Å². The van der Waals surface area contributed by atoms with Crippen LogP contribution < -0.4 is 14.9 Å². The van der Waals surface area contributed by atoms with E-state index in [4.69, 9.17) is 9.47 Å². The molecule has 0 aliphatic heterocycles. The number of methoxy groups -OCH3 is 2. The van der Waals surface area contributed by atoms with Crippen molar-refractivity contribution in [1.29, 1.82) is 0 Å². The molecule has 5 heteroatoms.